The van der Waals surface area contributed by atoms with E-state index in [9.17, 15) is 10.2 Å². The molecule has 1 heterocycles. The molecule has 13 heavy (non-hydrogen) atoms. The summed E-state index contributed by atoms with van der Waals surface area (Å²) < 4.78 is 1.49. The Bertz CT molecular complexity index is 283. The number of aromatic nitrogens is 3. The van der Waals surface area contributed by atoms with E-state index < -0.39 is 11.7 Å². The van der Waals surface area contributed by atoms with Crippen LogP contribution >= 0.6 is 0 Å². The lowest BCUT2D eigenvalue weighted by Crippen LogP contribution is -2.32. The van der Waals surface area contributed by atoms with Crippen molar-refractivity contribution in [3.63, 3.8) is 0 Å². The second-order valence-electron chi connectivity index (χ2n) is 3.43. The highest BCUT2D eigenvalue weighted by Crippen LogP contribution is 2.26. The third-order valence-corrected chi connectivity index (χ3v) is 2.21. The van der Waals surface area contributed by atoms with Crippen LogP contribution in [0.15, 0.2) is 6.20 Å². The van der Waals surface area contributed by atoms with Crippen LogP contribution in [0.5, 0.6) is 0 Å². The van der Waals surface area contributed by atoms with Crippen molar-refractivity contribution in [2.45, 2.75) is 32.0 Å². The zero-order valence-electron chi connectivity index (χ0n) is 8.10. The second-order valence-corrected chi connectivity index (χ2v) is 3.43. The van der Waals surface area contributed by atoms with Crippen molar-refractivity contribution >= 4 is 0 Å². The third kappa shape index (κ3) is 2.05. The number of hydrogen-bond acceptors (Lipinski definition) is 4. The van der Waals surface area contributed by atoms with Crippen LogP contribution in [-0.2, 0) is 7.05 Å². The lowest BCUT2D eigenvalue weighted by atomic mass is 9.94. The minimum absolute atomic E-state index is 0.398. The van der Waals surface area contributed by atoms with E-state index in [4.69, 9.17) is 0 Å². The molecular formula is C8H15N3O2. The highest BCUT2D eigenvalue weighted by atomic mass is 16.3. The predicted molar refractivity (Wildman–Crippen MR) is 46.9 cm³/mol. The number of hydrogen-bond donors (Lipinski definition) is 2. The van der Waals surface area contributed by atoms with Crippen LogP contribution in [0.2, 0.25) is 0 Å². The summed E-state index contributed by atoms with van der Waals surface area (Å²) in [7, 11) is 1.71. The van der Waals surface area contributed by atoms with Crippen molar-refractivity contribution in [3.05, 3.63) is 11.9 Å². The van der Waals surface area contributed by atoms with Gasteiger partial charge in [0.25, 0.3) is 0 Å². The Morgan fingerprint density at radius 2 is 2.31 bits per heavy atom. The van der Waals surface area contributed by atoms with Crippen LogP contribution < -0.4 is 0 Å². The monoisotopic (exact) mass is 185 g/mol. The molecule has 74 valence electrons. The Morgan fingerprint density at radius 3 is 2.69 bits per heavy atom. The highest BCUT2D eigenvalue weighted by Gasteiger charge is 2.31. The summed E-state index contributed by atoms with van der Waals surface area (Å²) in [6, 6.07) is 0. The summed E-state index contributed by atoms with van der Waals surface area (Å²) in [4.78, 5) is 0. The summed E-state index contributed by atoms with van der Waals surface area (Å²) >= 11 is 0. The molecule has 1 rings (SSSR count). The van der Waals surface area contributed by atoms with Crippen molar-refractivity contribution in [2.75, 3.05) is 0 Å². The Morgan fingerprint density at radius 1 is 1.69 bits per heavy atom. The molecule has 0 fully saturated rings. The van der Waals surface area contributed by atoms with Gasteiger partial charge in [-0.15, -0.1) is 5.10 Å². The lowest BCUT2D eigenvalue weighted by molar-refractivity contribution is -0.0678. The minimum atomic E-state index is -1.14. The van der Waals surface area contributed by atoms with E-state index in [2.05, 4.69) is 10.3 Å². The van der Waals surface area contributed by atoms with Gasteiger partial charge < -0.3 is 10.2 Å². The van der Waals surface area contributed by atoms with Crippen LogP contribution in [0.4, 0.5) is 0 Å². The highest BCUT2D eigenvalue weighted by molar-refractivity contribution is 5.03. The standard InChI is InChI=1S/C8H15N3O2/c1-4-8(2,13)7(12)6-5-11(3)10-9-6/h5,7,12-13H,4H2,1-3H3. The molecule has 0 radical (unpaired) electrons. The maximum Gasteiger partial charge on any atom is 0.128 e. The molecule has 2 atom stereocenters. The smallest absolute Gasteiger partial charge is 0.128 e. The van der Waals surface area contributed by atoms with Gasteiger partial charge in [-0.3, -0.25) is 4.68 Å². The van der Waals surface area contributed by atoms with Crippen LogP contribution in [0, 0.1) is 0 Å². The Balaban J connectivity index is 2.84. The molecule has 2 unspecified atom stereocenters. The molecule has 0 spiro atoms. The van der Waals surface area contributed by atoms with Gasteiger partial charge in [0.2, 0.25) is 0 Å². The lowest BCUT2D eigenvalue weighted by Gasteiger charge is -2.25. The van der Waals surface area contributed by atoms with Gasteiger partial charge in [-0.1, -0.05) is 12.1 Å². The molecule has 0 aromatic carbocycles. The molecule has 0 aliphatic carbocycles. The van der Waals surface area contributed by atoms with Gasteiger partial charge in [0.1, 0.15) is 11.8 Å². The summed E-state index contributed by atoms with van der Waals surface area (Å²) in [6.45, 7) is 3.38. The first-order valence-corrected chi connectivity index (χ1v) is 4.24. The van der Waals surface area contributed by atoms with Crippen LogP contribution in [0.25, 0.3) is 0 Å². The summed E-state index contributed by atoms with van der Waals surface area (Å²) in [5, 5.41) is 26.8. The van der Waals surface area contributed by atoms with Gasteiger partial charge in [0.15, 0.2) is 0 Å². The molecular weight excluding hydrogens is 170 g/mol. The summed E-state index contributed by atoms with van der Waals surface area (Å²) in [6.07, 6.45) is 1.07. The maximum atomic E-state index is 9.73. The molecule has 5 nitrogen and oxygen atoms in total. The number of aliphatic hydroxyl groups excluding tert-OH is 1. The van der Waals surface area contributed by atoms with Crippen molar-refractivity contribution in [1.29, 1.82) is 0 Å². The van der Waals surface area contributed by atoms with E-state index in [1.165, 1.54) is 4.68 Å². The largest absolute Gasteiger partial charge is 0.387 e. The molecule has 0 aliphatic rings. The molecule has 1 aromatic heterocycles. The zero-order valence-corrected chi connectivity index (χ0v) is 8.10. The molecule has 5 heteroatoms. The number of nitrogens with zero attached hydrogens (tertiary/aromatic N) is 3. The van der Waals surface area contributed by atoms with Crippen molar-refractivity contribution in [1.82, 2.24) is 15.0 Å². The van der Waals surface area contributed by atoms with Gasteiger partial charge in [0, 0.05) is 7.05 Å². The van der Waals surface area contributed by atoms with Gasteiger partial charge in [0.05, 0.1) is 11.8 Å². The van der Waals surface area contributed by atoms with E-state index in [1.54, 1.807) is 27.1 Å². The zero-order chi connectivity index (χ0) is 10.1. The molecule has 1 aromatic rings. The third-order valence-electron chi connectivity index (χ3n) is 2.21. The summed E-state index contributed by atoms with van der Waals surface area (Å²) in [5.74, 6) is 0. The van der Waals surface area contributed by atoms with Crippen LogP contribution in [0.3, 0.4) is 0 Å². The fourth-order valence-corrected chi connectivity index (χ4v) is 1.00. The fraction of sp³-hybridized carbons (Fsp3) is 0.750. The van der Waals surface area contributed by atoms with E-state index in [1.807, 2.05) is 0 Å². The van der Waals surface area contributed by atoms with E-state index >= 15 is 0 Å². The SMILES string of the molecule is CCC(C)(O)C(O)c1cn(C)nn1. The molecule has 2 N–H and O–H groups in total. The predicted octanol–water partition coefficient (Wildman–Crippen LogP) is 0.00950. The molecule has 0 bridgehead atoms. The topological polar surface area (TPSA) is 71.2 Å². The number of aliphatic hydroxyl groups is 2. The second kappa shape index (κ2) is 3.43. The first kappa shape index (κ1) is 10.1. The molecule has 0 saturated heterocycles. The Labute approximate surface area is 77.0 Å². The molecule has 0 saturated carbocycles. The normalized spacial score (nSPS) is 18.2. The summed E-state index contributed by atoms with van der Waals surface area (Å²) in [5.41, 5.74) is -0.745. The fourth-order valence-electron chi connectivity index (χ4n) is 1.00. The van der Waals surface area contributed by atoms with E-state index in [-0.39, 0.29) is 0 Å². The maximum absolute atomic E-state index is 9.73. The quantitative estimate of drug-likeness (QED) is 0.695. The van der Waals surface area contributed by atoms with E-state index in [0.29, 0.717) is 12.1 Å². The number of rotatable bonds is 3. The van der Waals surface area contributed by atoms with Gasteiger partial charge in [-0.2, -0.15) is 0 Å². The van der Waals surface area contributed by atoms with Crippen molar-refractivity contribution in [2.24, 2.45) is 7.05 Å². The van der Waals surface area contributed by atoms with Gasteiger partial charge >= 0.3 is 0 Å². The molecule has 0 aliphatic heterocycles. The van der Waals surface area contributed by atoms with E-state index in [0.717, 1.165) is 0 Å². The van der Waals surface area contributed by atoms with Crippen LogP contribution in [0.1, 0.15) is 32.1 Å². The minimum Gasteiger partial charge on any atom is -0.387 e. The van der Waals surface area contributed by atoms with Crippen LogP contribution in [-0.4, -0.2) is 30.8 Å². The first-order chi connectivity index (χ1) is 5.97. The first-order valence-electron chi connectivity index (χ1n) is 4.24. The van der Waals surface area contributed by atoms with Crippen molar-refractivity contribution < 1.29 is 10.2 Å². The average molecular weight is 185 g/mol. The Hall–Kier alpha value is -0.940. The molecule has 0 amide bonds. The van der Waals surface area contributed by atoms with Crippen molar-refractivity contribution in [3.8, 4) is 0 Å². The van der Waals surface area contributed by atoms with Gasteiger partial charge in [-0.25, -0.2) is 0 Å². The van der Waals surface area contributed by atoms with Gasteiger partial charge in [-0.05, 0) is 13.3 Å². The number of aryl methyl sites for hydroxylation is 1. The average Bonchev–Trinajstić information content (AvgIpc) is 2.50. The Kier molecular flexibility index (Phi) is 2.68.